The number of aryl methyl sites for hydroxylation is 1. The zero-order chi connectivity index (χ0) is 21.7. The van der Waals surface area contributed by atoms with Gasteiger partial charge in [-0.15, -0.1) is 0 Å². The van der Waals surface area contributed by atoms with Gasteiger partial charge in [-0.1, -0.05) is 0 Å². The molecule has 0 aliphatic heterocycles. The summed E-state index contributed by atoms with van der Waals surface area (Å²) >= 11 is 0. The average molecular weight is 399 g/mol. The van der Waals surface area contributed by atoms with Crippen molar-refractivity contribution >= 4 is 42.5 Å². The summed E-state index contributed by atoms with van der Waals surface area (Å²) < 4.78 is 1.59. The Balaban J connectivity index is 2.23. The number of imidazole rings is 1. The van der Waals surface area contributed by atoms with Gasteiger partial charge in [0.05, 0.1) is 0 Å². The van der Waals surface area contributed by atoms with E-state index >= 15 is 0 Å². The molecule has 3 rings (SSSR count). The maximum absolute atomic E-state index is 11.8. The number of nitriles is 1. The molecule has 2 aromatic heterocycles. The van der Waals surface area contributed by atoms with Crippen molar-refractivity contribution in [2.75, 3.05) is 5.32 Å². The van der Waals surface area contributed by atoms with Crippen molar-refractivity contribution in [1.82, 2.24) is 19.4 Å². The monoisotopic (exact) mass is 399 g/mol. The van der Waals surface area contributed by atoms with Gasteiger partial charge in [-0.05, 0) is 0 Å². The first kappa shape index (κ1) is 20.7. The molecule has 0 bridgehead atoms. The minimum atomic E-state index is -0.938. The Kier molecular flexibility index (Phi) is 6.20. The summed E-state index contributed by atoms with van der Waals surface area (Å²) in [6.07, 6.45) is 2.62. The van der Waals surface area contributed by atoms with Gasteiger partial charge in [0, 0.05) is 0 Å². The molecule has 0 unspecified atom stereocenters. The van der Waals surface area contributed by atoms with E-state index in [1.165, 1.54) is 13.3 Å². The van der Waals surface area contributed by atoms with E-state index in [2.05, 4.69) is 31.2 Å². The molecular formula is C18H15B2N7O3. The quantitative estimate of drug-likeness (QED) is 0.416. The van der Waals surface area contributed by atoms with Crippen molar-refractivity contribution in [3.05, 3.63) is 30.0 Å². The van der Waals surface area contributed by atoms with Gasteiger partial charge in [0.2, 0.25) is 0 Å². The second kappa shape index (κ2) is 8.99. The van der Waals surface area contributed by atoms with E-state index in [0.717, 1.165) is 5.56 Å². The Morgan fingerprint density at radius 2 is 2.23 bits per heavy atom. The fraction of sp³-hybridized carbons (Fsp3) is 0.167. The Morgan fingerprint density at radius 3 is 2.93 bits per heavy atom. The third kappa shape index (κ3) is 4.35. The summed E-state index contributed by atoms with van der Waals surface area (Å²) in [4.78, 5) is 28.7. The van der Waals surface area contributed by atoms with Crippen molar-refractivity contribution in [3.8, 4) is 29.7 Å². The molecule has 1 aromatic carbocycles. The van der Waals surface area contributed by atoms with Gasteiger partial charge in [0.1, 0.15) is 0 Å². The van der Waals surface area contributed by atoms with Crippen LogP contribution in [0.25, 0.3) is 22.6 Å². The molecular weight excluding hydrogens is 384 g/mol. The molecule has 2 heterocycles. The number of hydrogen-bond donors (Lipinski definition) is 3. The van der Waals surface area contributed by atoms with E-state index in [-0.39, 0.29) is 23.5 Å². The van der Waals surface area contributed by atoms with Crippen LogP contribution in [0.15, 0.2) is 29.3 Å². The number of anilines is 1. The number of amides is 1. The molecule has 3 aromatic rings. The summed E-state index contributed by atoms with van der Waals surface area (Å²) in [5, 5.41) is 30.2. The molecule has 1 amide bonds. The number of benzene rings is 1. The molecule has 0 radical (unpaired) electrons. The van der Waals surface area contributed by atoms with Crippen LogP contribution in [-0.4, -0.2) is 49.6 Å². The van der Waals surface area contributed by atoms with E-state index < -0.39 is 13.0 Å². The molecule has 30 heavy (non-hydrogen) atoms. The van der Waals surface area contributed by atoms with Crippen LogP contribution < -0.4 is 10.9 Å². The maximum atomic E-state index is 11.8. The first-order valence-corrected chi connectivity index (χ1v) is 8.82. The first-order valence-electron chi connectivity index (χ1n) is 8.82. The van der Waals surface area contributed by atoms with Crippen LogP contribution in [0, 0.1) is 30.4 Å². The minimum absolute atomic E-state index is 0.107. The molecule has 3 N–H and O–H groups in total. The van der Waals surface area contributed by atoms with Crippen LogP contribution in [0.5, 0.6) is 0 Å². The number of fused-ring (bicyclic) bond motifs is 1. The third-order valence-corrected chi connectivity index (χ3v) is 4.04. The molecule has 146 valence electrons. The van der Waals surface area contributed by atoms with Gasteiger partial charge < -0.3 is 0 Å². The van der Waals surface area contributed by atoms with E-state index in [4.69, 9.17) is 10.4 Å². The molecule has 0 saturated heterocycles. The number of aliphatic hydroxyl groups excluding tert-OH is 1. The summed E-state index contributed by atoms with van der Waals surface area (Å²) in [5.74, 6) is -0.131. The molecule has 0 saturated carbocycles. The summed E-state index contributed by atoms with van der Waals surface area (Å²) in [7, 11) is 0.344. The normalized spacial score (nSPS) is 10.2. The van der Waals surface area contributed by atoms with Gasteiger partial charge in [0.25, 0.3) is 0 Å². The Morgan fingerprint density at radius 1 is 1.43 bits per heavy atom. The van der Waals surface area contributed by atoms with Crippen LogP contribution in [0.1, 0.15) is 12.0 Å². The number of hydrogen-bond acceptors (Lipinski definition) is 8. The van der Waals surface area contributed by atoms with Crippen LogP contribution >= 0.6 is 0 Å². The molecule has 0 aliphatic rings. The van der Waals surface area contributed by atoms with Crippen LogP contribution in [-0.2, 0) is 4.79 Å². The molecule has 10 nitrogen and oxygen atoms in total. The second-order valence-corrected chi connectivity index (χ2v) is 6.28. The van der Waals surface area contributed by atoms with Crippen molar-refractivity contribution in [2.24, 2.45) is 4.90 Å². The van der Waals surface area contributed by atoms with Gasteiger partial charge in [-0.2, -0.15) is 0 Å². The first-order chi connectivity index (χ1) is 14.4. The standard InChI is InChI=1S/C18H15B2N7O3/c1-11-3-4-12-13(9-11)27(20(2)30)18(24-12)16-17(19-23-7-8-28)22-10-14(26-16)25-15(29)5-6-21/h3-4,9-10,28,30H,5H2,1-2H3,(H,25,26,29). The topological polar surface area (TPSA) is 149 Å². The van der Waals surface area contributed by atoms with Crippen molar-refractivity contribution in [1.29, 1.82) is 5.26 Å². The summed E-state index contributed by atoms with van der Waals surface area (Å²) in [6, 6.07) is 9.50. The Labute approximate surface area is 172 Å². The van der Waals surface area contributed by atoms with Crippen LogP contribution in [0.4, 0.5) is 5.82 Å². The molecule has 12 heteroatoms. The SMILES string of the molecule is CB(O)n1c(-c2nc(NC(=O)CC#N)cnc2/B=N/C#CO)nc2ccc(C)cc21. The summed E-state index contributed by atoms with van der Waals surface area (Å²) in [6.45, 7) is 3.51. The zero-order valence-electron chi connectivity index (χ0n) is 16.2. The zero-order valence-corrected chi connectivity index (χ0v) is 16.2. The van der Waals surface area contributed by atoms with E-state index in [9.17, 15) is 9.82 Å². The second-order valence-electron chi connectivity index (χ2n) is 6.28. The number of nitrogens with zero attached hydrogens (tertiary/aromatic N) is 6. The van der Waals surface area contributed by atoms with Crippen molar-refractivity contribution in [2.45, 2.75) is 20.2 Å². The van der Waals surface area contributed by atoms with Gasteiger partial charge in [-0.3, -0.25) is 0 Å². The van der Waals surface area contributed by atoms with Gasteiger partial charge in [-0.25, -0.2) is 0 Å². The molecule has 0 spiro atoms. The van der Waals surface area contributed by atoms with Crippen molar-refractivity contribution < 1.29 is 14.9 Å². The number of carbonyl (C=O) groups excluding carboxylic acids is 1. The van der Waals surface area contributed by atoms with E-state index in [0.29, 0.717) is 16.9 Å². The van der Waals surface area contributed by atoms with E-state index in [1.807, 2.05) is 25.1 Å². The van der Waals surface area contributed by atoms with Crippen LogP contribution in [0.2, 0.25) is 6.82 Å². The fourth-order valence-electron chi connectivity index (χ4n) is 2.85. The number of rotatable bonds is 5. The van der Waals surface area contributed by atoms with Crippen LogP contribution in [0.3, 0.4) is 0 Å². The van der Waals surface area contributed by atoms with Gasteiger partial charge in [0.15, 0.2) is 0 Å². The fourth-order valence-corrected chi connectivity index (χ4v) is 2.85. The summed E-state index contributed by atoms with van der Waals surface area (Å²) in [5.41, 5.74) is 2.79. The number of carbonyl (C=O) groups is 1. The predicted molar refractivity (Wildman–Crippen MR) is 111 cm³/mol. The third-order valence-electron chi connectivity index (χ3n) is 4.04. The van der Waals surface area contributed by atoms with Gasteiger partial charge >= 0.3 is 172 Å². The Bertz CT molecular complexity index is 1250. The average Bonchev–Trinajstić information content (AvgIpc) is 3.08. The number of nitrogens with one attached hydrogen (secondary N) is 1. The Hall–Kier alpha value is -4.02. The number of aliphatic hydroxyl groups is 1. The predicted octanol–water partition coefficient (Wildman–Crippen LogP) is 0.416. The molecule has 0 fully saturated rings. The van der Waals surface area contributed by atoms with Crippen molar-refractivity contribution in [3.63, 3.8) is 0 Å². The number of aromatic nitrogens is 4. The van der Waals surface area contributed by atoms with E-state index in [1.54, 1.807) is 23.5 Å². The molecule has 0 aliphatic carbocycles. The molecule has 0 atom stereocenters.